The first-order valence-electron chi connectivity index (χ1n) is 8.36. The molecule has 2 aromatic rings. The molecule has 3 rings (SSSR count). The zero-order chi connectivity index (χ0) is 18.5. The van der Waals surface area contributed by atoms with Gasteiger partial charge in [0.25, 0.3) is 5.91 Å². The van der Waals surface area contributed by atoms with Gasteiger partial charge >= 0.3 is 5.97 Å². The van der Waals surface area contributed by atoms with Crippen molar-refractivity contribution in [3.8, 4) is 0 Å². The third kappa shape index (κ3) is 4.11. The first kappa shape index (κ1) is 17.7. The van der Waals surface area contributed by atoms with E-state index in [9.17, 15) is 14.0 Å². The molecule has 1 heterocycles. The van der Waals surface area contributed by atoms with E-state index in [1.807, 2.05) is 0 Å². The van der Waals surface area contributed by atoms with Crippen LogP contribution in [-0.4, -0.2) is 27.7 Å². The normalized spacial score (nSPS) is 18.5. The number of hydrogen-bond acceptors (Lipinski definition) is 4. The molecule has 1 aliphatic carbocycles. The Hall–Kier alpha value is -3.09. The minimum atomic E-state index is -1.01. The highest BCUT2D eigenvalue weighted by molar-refractivity contribution is 5.97. The number of hydrazone groups is 1. The van der Waals surface area contributed by atoms with Crippen molar-refractivity contribution in [2.45, 2.75) is 31.6 Å². The minimum absolute atomic E-state index is 0.128. The van der Waals surface area contributed by atoms with E-state index in [1.165, 1.54) is 36.5 Å². The zero-order valence-electron chi connectivity index (χ0n) is 14.0. The van der Waals surface area contributed by atoms with Gasteiger partial charge in [0.1, 0.15) is 5.82 Å². The van der Waals surface area contributed by atoms with Crippen LogP contribution >= 0.6 is 0 Å². The number of nitrogens with one attached hydrogen (secondary N) is 1. The Bertz CT molecular complexity index is 849. The lowest BCUT2D eigenvalue weighted by Gasteiger charge is -2.23. The van der Waals surface area contributed by atoms with Crippen LogP contribution in [0.25, 0.3) is 0 Å². The molecule has 7 heteroatoms. The van der Waals surface area contributed by atoms with E-state index in [1.54, 1.807) is 6.07 Å². The van der Waals surface area contributed by atoms with Crippen molar-refractivity contribution >= 4 is 17.6 Å². The van der Waals surface area contributed by atoms with Crippen LogP contribution in [0.1, 0.15) is 58.0 Å². The van der Waals surface area contributed by atoms with E-state index in [4.69, 9.17) is 5.11 Å². The van der Waals surface area contributed by atoms with E-state index in [0.717, 1.165) is 25.0 Å². The smallest absolute Gasteiger partial charge is 0.335 e. The van der Waals surface area contributed by atoms with Crippen molar-refractivity contribution in [3.05, 3.63) is 65.2 Å². The van der Waals surface area contributed by atoms with Gasteiger partial charge in [0.15, 0.2) is 0 Å². The fourth-order valence-corrected chi connectivity index (χ4v) is 3.01. The van der Waals surface area contributed by atoms with Crippen molar-refractivity contribution in [1.82, 2.24) is 10.4 Å². The van der Waals surface area contributed by atoms with E-state index >= 15 is 0 Å². The molecule has 1 aromatic heterocycles. The summed E-state index contributed by atoms with van der Waals surface area (Å²) in [5, 5.41) is 13.4. The maximum Gasteiger partial charge on any atom is 0.335 e. The van der Waals surface area contributed by atoms with Gasteiger partial charge in [-0.1, -0.05) is 6.42 Å². The molecule has 1 atom stereocenters. The van der Waals surface area contributed by atoms with Gasteiger partial charge in [0.05, 0.1) is 5.56 Å². The Kier molecular flexibility index (Phi) is 5.36. The van der Waals surface area contributed by atoms with Gasteiger partial charge in [-0.15, -0.1) is 0 Å². The number of nitrogens with zero attached hydrogens (tertiary/aromatic N) is 2. The summed E-state index contributed by atoms with van der Waals surface area (Å²) in [5.41, 5.74) is 4.40. The van der Waals surface area contributed by atoms with Gasteiger partial charge < -0.3 is 5.11 Å². The molecule has 26 heavy (non-hydrogen) atoms. The van der Waals surface area contributed by atoms with Crippen molar-refractivity contribution in [3.63, 3.8) is 0 Å². The Labute approximate surface area is 149 Å². The second kappa shape index (κ2) is 7.86. The zero-order valence-corrected chi connectivity index (χ0v) is 14.0. The number of amides is 1. The maximum atomic E-state index is 12.9. The number of aromatic nitrogens is 1. The molecular weight excluding hydrogens is 337 g/mol. The molecule has 1 fully saturated rings. The van der Waals surface area contributed by atoms with Crippen molar-refractivity contribution in [2.75, 3.05) is 0 Å². The van der Waals surface area contributed by atoms with Gasteiger partial charge in [-0.3, -0.25) is 9.78 Å². The average molecular weight is 355 g/mol. The lowest BCUT2D eigenvalue weighted by atomic mass is 9.84. The molecule has 134 valence electrons. The standard InChI is InChI=1S/C19H18FN3O3/c20-14-7-5-12(6-8-14)18(24)23-22-16-4-2-1-3-15(16)17-11-13(19(25)26)9-10-21-17/h5-11,15H,1-4H2,(H,23,24)(H,25,26). The number of carboxylic acid groups (broad SMARTS) is 1. The highest BCUT2D eigenvalue weighted by Gasteiger charge is 2.24. The van der Waals surface area contributed by atoms with Gasteiger partial charge in [-0.25, -0.2) is 14.6 Å². The largest absolute Gasteiger partial charge is 0.478 e. The van der Waals surface area contributed by atoms with E-state index in [0.29, 0.717) is 17.7 Å². The second-order valence-corrected chi connectivity index (χ2v) is 6.12. The van der Waals surface area contributed by atoms with Crippen LogP contribution in [0.3, 0.4) is 0 Å². The highest BCUT2D eigenvalue weighted by Crippen LogP contribution is 2.30. The molecule has 1 unspecified atom stereocenters. The number of aromatic carboxylic acids is 1. The van der Waals surface area contributed by atoms with Gasteiger partial charge in [0.2, 0.25) is 0 Å². The number of halogens is 1. The second-order valence-electron chi connectivity index (χ2n) is 6.12. The summed E-state index contributed by atoms with van der Waals surface area (Å²) < 4.78 is 12.9. The van der Waals surface area contributed by atoms with Crippen LogP contribution in [-0.2, 0) is 0 Å². The fourth-order valence-electron chi connectivity index (χ4n) is 3.01. The lowest BCUT2D eigenvalue weighted by molar-refractivity contribution is 0.0696. The van der Waals surface area contributed by atoms with Crippen LogP contribution in [0.5, 0.6) is 0 Å². The number of carboxylic acids is 1. The summed E-state index contributed by atoms with van der Waals surface area (Å²) in [6, 6.07) is 8.21. The van der Waals surface area contributed by atoms with Gasteiger partial charge in [-0.05, 0) is 55.7 Å². The third-order valence-electron chi connectivity index (χ3n) is 4.37. The van der Waals surface area contributed by atoms with Gasteiger partial charge in [-0.2, -0.15) is 5.10 Å². The summed E-state index contributed by atoms with van der Waals surface area (Å²) in [6.07, 6.45) is 4.89. The van der Waals surface area contributed by atoms with Crippen LogP contribution < -0.4 is 5.43 Å². The predicted molar refractivity (Wildman–Crippen MR) is 93.7 cm³/mol. The first-order valence-corrected chi connectivity index (χ1v) is 8.36. The predicted octanol–water partition coefficient (Wildman–Crippen LogP) is 3.36. The number of carbonyl (C=O) groups excluding carboxylic acids is 1. The summed E-state index contributed by atoms with van der Waals surface area (Å²) in [7, 11) is 0. The molecule has 1 saturated carbocycles. The summed E-state index contributed by atoms with van der Waals surface area (Å²) in [4.78, 5) is 27.6. The summed E-state index contributed by atoms with van der Waals surface area (Å²) in [6.45, 7) is 0. The van der Waals surface area contributed by atoms with Crippen molar-refractivity contribution in [2.24, 2.45) is 5.10 Å². The molecule has 0 radical (unpaired) electrons. The van der Waals surface area contributed by atoms with Crippen LogP contribution in [0.4, 0.5) is 4.39 Å². The van der Waals surface area contributed by atoms with Crippen LogP contribution in [0.15, 0.2) is 47.7 Å². The first-order chi connectivity index (χ1) is 12.5. The average Bonchev–Trinajstić information content (AvgIpc) is 2.67. The molecule has 2 N–H and O–H groups in total. The van der Waals surface area contributed by atoms with Crippen molar-refractivity contribution in [1.29, 1.82) is 0 Å². The molecule has 0 spiro atoms. The molecular formula is C19H18FN3O3. The number of pyridine rings is 1. The molecule has 1 amide bonds. The number of benzene rings is 1. The summed E-state index contributed by atoms with van der Waals surface area (Å²) >= 11 is 0. The Morgan fingerprint density at radius 3 is 2.65 bits per heavy atom. The van der Waals surface area contributed by atoms with Crippen molar-refractivity contribution < 1.29 is 19.1 Å². The van der Waals surface area contributed by atoms with Crippen LogP contribution in [0.2, 0.25) is 0 Å². The quantitative estimate of drug-likeness (QED) is 0.823. The molecule has 1 aliphatic rings. The van der Waals surface area contributed by atoms with E-state index in [-0.39, 0.29) is 11.5 Å². The SMILES string of the molecule is O=C(O)c1ccnc(C2CCCCC2=NNC(=O)c2ccc(F)cc2)c1. The Balaban J connectivity index is 1.79. The molecule has 0 bridgehead atoms. The minimum Gasteiger partial charge on any atom is -0.478 e. The monoisotopic (exact) mass is 355 g/mol. The topological polar surface area (TPSA) is 91.7 Å². The molecule has 0 aliphatic heterocycles. The lowest BCUT2D eigenvalue weighted by Crippen LogP contribution is -2.25. The Morgan fingerprint density at radius 2 is 1.92 bits per heavy atom. The number of hydrogen-bond donors (Lipinski definition) is 2. The summed E-state index contributed by atoms with van der Waals surface area (Å²) in [5.74, 6) is -1.97. The Morgan fingerprint density at radius 1 is 1.15 bits per heavy atom. The molecule has 1 aromatic carbocycles. The molecule has 6 nitrogen and oxygen atoms in total. The van der Waals surface area contributed by atoms with E-state index < -0.39 is 17.7 Å². The number of rotatable bonds is 4. The van der Waals surface area contributed by atoms with E-state index in [2.05, 4.69) is 15.5 Å². The fraction of sp³-hybridized carbons (Fsp3) is 0.263. The third-order valence-corrected chi connectivity index (χ3v) is 4.37. The van der Waals surface area contributed by atoms with Gasteiger partial charge in [0, 0.05) is 29.1 Å². The highest BCUT2D eigenvalue weighted by atomic mass is 19.1. The van der Waals surface area contributed by atoms with Crippen LogP contribution in [0, 0.1) is 5.82 Å². The number of carbonyl (C=O) groups is 2. The maximum absolute atomic E-state index is 12.9. The molecule has 0 saturated heterocycles.